The van der Waals surface area contributed by atoms with Gasteiger partial charge in [0.05, 0.1) is 0 Å². The van der Waals surface area contributed by atoms with Crippen LogP contribution in [0, 0.1) is 0 Å². The monoisotopic (exact) mass is 221 g/mol. The summed E-state index contributed by atoms with van der Waals surface area (Å²) in [4.78, 5) is 14.8. The lowest BCUT2D eigenvalue weighted by molar-refractivity contribution is 0.0690. The van der Waals surface area contributed by atoms with E-state index in [1.54, 1.807) is 12.1 Å². The second-order valence-corrected chi connectivity index (χ2v) is 3.88. The zero-order valence-electron chi connectivity index (χ0n) is 8.94. The number of hydrogen-bond donors (Lipinski definition) is 3. The Labute approximate surface area is 93.9 Å². The summed E-state index contributed by atoms with van der Waals surface area (Å²) in [7, 11) is 0. The number of pyridine rings is 1. The molecule has 16 heavy (non-hydrogen) atoms. The van der Waals surface area contributed by atoms with Crippen LogP contribution < -0.4 is 10.6 Å². The molecule has 0 amide bonds. The lowest BCUT2D eigenvalue weighted by atomic mass is 10.1. The number of carboxylic acids is 1. The highest BCUT2D eigenvalue weighted by Gasteiger charge is 2.13. The predicted molar refractivity (Wildman–Crippen MR) is 60.7 cm³/mol. The van der Waals surface area contributed by atoms with Gasteiger partial charge in [-0.3, -0.25) is 0 Å². The van der Waals surface area contributed by atoms with Crippen molar-refractivity contribution in [3.8, 4) is 0 Å². The van der Waals surface area contributed by atoms with Crippen LogP contribution in [0.3, 0.4) is 0 Å². The molecule has 5 nitrogen and oxygen atoms in total. The fraction of sp³-hybridized carbons (Fsp3) is 0.455. The van der Waals surface area contributed by atoms with Crippen LogP contribution in [-0.4, -0.2) is 35.2 Å². The van der Waals surface area contributed by atoms with Crippen molar-refractivity contribution in [1.29, 1.82) is 0 Å². The molecule has 1 aliphatic heterocycles. The number of anilines is 1. The third kappa shape index (κ3) is 2.70. The number of nitrogens with one attached hydrogen (secondary N) is 2. The van der Waals surface area contributed by atoms with Crippen molar-refractivity contribution in [1.82, 2.24) is 10.3 Å². The molecule has 0 saturated carbocycles. The second kappa shape index (κ2) is 4.94. The minimum absolute atomic E-state index is 0.0823. The van der Waals surface area contributed by atoms with E-state index >= 15 is 0 Å². The third-order valence-electron chi connectivity index (χ3n) is 2.66. The lowest BCUT2D eigenvalue weighted by Crippen LogP contribution is -2.35. The van der Waals surface area contributed by atoms with Gasteiger partial charge in [0, 0.05) is 6.04 Å². The molecule has 0 aliphatic carbocycles. The molecule has 0 spiro atoms. The van der Waals surface area contributed by atoms with E-state index in [9.17, 15) is 4.79 Å². The van der Waals surface area contributed by atoms with E-state index in [-0.39, 0.29) is 5.69 Å². The molecule has 0 bridgehead atoms. The van der Waals surface area contributed by atoms with E-state index < -0.39 is 5.97 Å². The van der Waals surface area contributed by atoms with E-state index in [1.807, 2.05) is 0 Å². The molecule has 1 saturated heterocycles. The highest BCUT2D eigenvalue weighted by molar-refractivity contribution is 5.85. The molecule has 1 aromatic rings. The summed E-state index contributed by atoms with van der Waals surface area (Å²) in [5.41, 5.74) is 0.0823. The Hall–Kier alpha value is -1.62. The standard InChI is InChI=1S/C11H15N3O2/c15-11(16)9-2-1-3-10(14-9)13-8-4-6-12-7-5-8/h1-3,8,12H,4-7H2,(H,13,14)(H,15,16). The molecule has 1 fully saturated rings. The van der Waals surface area contributed by atoms with Gasteiger partial charge in [0.25, 0.3) is 0 Å². The van der Waals surface area contributed by atoms with E-state index in [0.717, 1.165) is 25.9 Å². The Balaban J connectivity index is 2.02. The summed E-state index contributed by atoms with van der Waals surface area (Å²) in [6, 6.07) is 5.39. The SMILES string of the molecule is O=C(O)c1cccc(NC2CCNCC2)n1. The predicted octanol–water partition coefficient (Wildman–Crippen LogP) is 0.944. The highest BCUT2D eigenvalue weighted by Crippen LogP contribution is 2.11. The van der Waals surface area contributed by atoms with Crippen LogP contribution in [0.2, 0.25) is 0 Å². The van der Waals surface area contributed by atoms with Gasteiger partial charge in [-0.2, -0.15) is 0 Å². The zero-order chi connectivity index (χ0) is 11.4. The lowest BCUT2D eigenvalue weighted by Gasteiger charge is -2.24. The van der Waals surface area contributed by atoms with Crippen LogP contribution in [0.25, 0.3) is 0 Å². The smallest absolute Gasteiger partial charge is 0.354 e. The van der Waals surface area contributed by atoms with Crippen molar-refractivity contribution in [3.63, 3.8) is 0 Å². The van der Waals surface area contributed by atoms with E-state index in [4.69, 9.17) is 5.11 Å². The van der Waals surface area contributed by atoms with Crippen LogP contribution >= 0.6 is 0 Å². The van der Waals surface area contributed by atoms with Gasteiger partial charge in [-0.15, -0.1) is 0 Å². The maximum Gasteiger partial charge on any atom is 0.354 e. The van der Waals surface area contributed by atoms with Gasteiger partial charge in [-0.25, -0.2) is 9.78 Å². The van der Waals surface area contributed by atoms with Gasteiger partial charge >= 0.3 is 5.97 Å². The number of aromatic nitrogens is 1. The number of hydrogen-bond acceptors (Lipinski definition) is 4. The van der Waals surface area contributed by atoms with Gasteiger partial charge in [0.2, 0.25) is 0 Å². The summed E-state index contributed by atoms with van der Waals surface area (Å²) in [5, 5.41) is 15.4. The third-order valence-corrected chi connectivity index (χ3v) is 2.66. The number of nitrogens with zero attached hydrogens (tertiary/aromatic N) is 1. The Kier molecular flexibility index (Phi) is 3.36. The maximum absolute atomic E-state index is 10.7. The summed E-state index contributed by atoms with van der Waals surface area (Å²) in [5.74, 6) is -0.347. The summed E-state index contributed by atoms with van der Waals surface area (Å²) >= 11 is 0. The van der Waals surface area contributed by atoms with E-state index in [1.165, 1.54) is 6.07 Å². The van der Waals surface area contributed by atoms with Gasteiger partial charge < -0.3 is 15.7 Å². The first kappa shape index (κ1) is 10.9. The first-order chi connectivity index (χ1) is 7.75. The van der Waals surface area contributed by atoms with Crippen LogP contribution in [0.15, 0.2) is 18.2 Å². The molecule has 3 N–H and O–H groups in total. The minimum atomic E-state index is -0.992. The van der Waals surface area contributed by atoms with Gasteiger partial charge in [0.1, 0.15) is 5.82 Å². The molecule has 0 atom stereocenters. The fourth-order valence-electron chi connectivity index (χ4n) is 1.81. The molecule has 0 aromatic carbocycles. The largest absolute Gasteiger partial charge is 0.477 e. The number of aromatic carboxylic acids is 1. The minimum Gasteiger partial charge on any atom is -0.477 e. The van der Waals surface area contributed by atoms with Crippen LogP contribution in [0.5, 0.6) is 0 Å². The Morgan fingerprint density at radius 1 is 1.44 bits per heavy atom. The summed E-state index contributed by atoms with van der Waals surface area (Å²) < 4.78 is 0. The number of rotatable bonds is 3. The first-order valence-corrected chi connectivity index (χ1v) is 5.43. The molecule has 1 aliphatic rings. The Morgan fingerprint density at radius 2 is 2.19 bits per heavy atom. The van der Waals surface area contributed by atoms with Gasteiger partial charge in [-0.05, 0) is 38.1 Å². The van der Waals surface area contributed by atoms with E-state index in [0.29, 0.717) is 11.9 Å². The molecule has 0 unspecified atom stereocenters. The van der Waals surface area contributed by atoms with Crippen molar-refractivity contribution in [2.45, 2.75) is 18.9 Å². The normalized spacial score (nSPS) is 17.0. The molecule has 86 valence electrons. The fourth-order valence-corrected chi connectivity index (χ4v) is 1.81. The molecule has 1 aromatic heterocycles. The van der Waals surface area contributed by atoms with E-state index in [2.05, 4.69) is 15.6 Å². The number of carbonyl (C=O) groups is 1. The second-order valence-electron chi connectivity index (χ2n) is 3.88. The van der Waals surface area contributed by atoms with Crippen LogP contribution in [0.1, 0.15) is 23.3 Å². The average Bonchev–Trinajstić information content (AvgIpc) is 2.30. The van der Waals surface area contributed by atoms with Gasteiger partial charge in [-0.1, -0.05) is 6.07 Å². The average molecular weight is 221 g/mol. The molecule has 0 radical (unpaired) electrons. The Morgan fingerprint density at radius 3 is 2.88 bits per heavy atom. The van der Waals surface area contributed by atoms with Crippen molar-refractivity contribution >= 4 is 11.8 Å². The topological polar surface area (TPSA) is 74.2 Å². The zero-order valence-corrected chi connectivity index (χ0v) is 8.94. The number of carboxylic acid groups (broad SMARTS) is 1. The first-order valence-electron chi connectivity index (χ1n) is 5.43. The van der Waals surface area contributed by atoms with Crippen molar-refractivity contribution < 1.29 is 9.90 Å². The molecule has 2 heterocycles. The molecule has 2 rings (SSSR count). The van der Waals surface area contributed by atoms with Crippen molar-refractivity contribution in [2.75, 3.05) is 18.4 Å². The van der Waals surface area contributed by atoms with Crippen LogP contribution in [0.4, 0.5) is 5.82 Å². The van der Waals surface area contributed by atoms with Crippen molar-refractivity contribution in [3.05, 3.63) is 23.9 Å². The molecule has 5 heteroatoms. The molecular weight excluding hydrogens is 206 g/mol. The Bertz CT molecular complexity index is 375. The molecular formula is C11H15N3O2. The highest BCUT2D eigenvalue weighted by atomic mass is 16.4. The summed E-state index contributed by atoms with van der Waals surface area (Å²) in [6.07, 6.45) is 2.08. The summed E-state index contributed by atoms with van der Waals surface area (Å²) in [6.45, 7) is 1.99. The van der Waals surface area contributed by atoms with Crippen LogP contribution in [-0.2, 0) is 0 Å². The van der Waals surface area contributed by atoms with Crippen molar-refractivity contribution in [2.24, 2.45) is 0 Å². The quantitative estimate of drug-likeness (QED) is 0.708. The number of piperidine rings is 1. The van der Waals surface area contributed by atoms with Gasteiger partial charge in [0.15, 0.2) is 5.69 Å². The maximum atomic E-state index is 10.7.